The van der Waals surface area contributed by atoms with Crippen molar-refractivity contribution in [3.05, 3.63) is 36.7 Å². The van der Waals surface area contributed by atoms with Crippen LogP contribution in [-0.4, -0.2) is 22.9 Å². The topological polar surface area (TPSA) is 123 Å². The van der Waals surface area contributed by atoms with Crippen LogP contribution < -0.4 is 11.5 Å². The van der Waals surface area contributed by atoms with E-state index in [1.807, 2.05) is 0 Å². The number of primary amides is 2. The first-order chi connectivity index (χ1) is 8.09. The Hall–Kier alpha value is -2.44. The minimum absolute atomic E-state index is 0.275. The SMILES string of the molecule is C=C(CCC(=C)C(N)=O)C(N)=O.C=C(F)C(=O)O. The zero-order chi connectivity index (χ0) is 14.9. The highest BCUT2D eigenvalue weighted by atomic mass is 19.1. The van der Waals surface area contributed by atoms with E-state index in [0.717, 1.165) is 0 Å². The van der Waals surface area contributed by atoms with Gasteiger partial charge in [0.1, 0.15) is 0 Å². The van der Waals surface area contributed by atoms with Gasteiger partial charge in [0, 0.05) is 11.1 Å². The maximum atomic E-state index is 11.0. The average molecular weight is 258 g/mol. The van der Waals surface area contributed by atoms with Crippen molar-refractivity contribution in [1.29, 1.82) is 0 Å². The van der Waals surface area contributed by atoms with Crippen LogP contribution in [-0.2, 0) is 14.4 Å². The number of carboxylic acids is 1. The summed E-state index contributed by atoms with van der Waals surface area (Å²) in [6, 6.07) is 0. The molecule has 0 saturated carbocycles. The van der Waals surface area contributed by atoms with Crippen molar-refractivity contribution in [1.82, 2.24) is 0 Å². The van der Waals surface area contributed by atoms with Gasteiger partial charge in [-0.15, -0.1) is 0 Å². The molecule has 7 heteroatoms. The summed E-state index contributed by atoms with van der Waals surface area (Å²) in [6.07, 6.45) is 0.661. The molecule has 0 aromatic carbocycles. The molecule has 100 valence electrons. The molecular formula is C11H15FN2O4. The lowest BCUT2D eigenvalue weighted by Gasteiger charge is -2.00. The van der Waals surface area contributed by atoms with Gasteiger partial charge in [-0.25, -0.2) is 4.79 Å². The van der Waals surface area contributed by atoms with Crippen molar-refractivity contribution in [2.75, 3.05) is 0 Å². The van der Waals surface area contributed by atoms with E-state index in [1.165, 1.54) is 0 Å². The van der Waals surface area contributed by atoms with Crippen LogP contribution in [0.2, 0.25) is 0 Å². The van der Waals surface area contributed by atoms with Gasteiger partial charge >= 0.3 is 5.97 Å². The summed E-state index contributed by atoms with van der Waals surface area (Å²) in [5.74, 6) is -4.05. The van der Waals surface area contributed by atoms with E-state index in [1.54, 1.807) is 0 Å². The number of nitrogens with two attached hydrogens (primary N) is 2. The molecule has 0 aliphatic rings. The fraction of sp³-hybridized carbons (Fsp3) is 0.182. The van der Waals surface area contributed by atoms with Crippen molar-refractivity contribution in [3.8, 4) is 0 Å². The summed E-state index contributed by atoms with van der Waals surface area (Å²) in [5, 5.41) is 7.52. The zero-order valence-corrected chi connectivity index (χ0v) is 9.74. The number of aliphatic carboxylic acids is 1. The lowest BCUT2D eigenvalue weighted by atomic mass is 10.1. The van der Waals surface area contributed by atoms with Crippen molar-refractivity contribution < 1.29 is 23.9 Å². The fourth-order valence-electron chi connectivity index (χ4n) is 0.548. The minimum Gasteiger partial charge on any atom is -0.476 e. The summed E-state index contributed by atoms with van der Waals surface area (Å²) in [4.78, 5) is 30.1. The Kier molecular flexibility index (Phi) is 8.65. The van der Waals surface area contributed by atoms with Crippen LogP contribution in [0.25, 0.3) is 0 Å². The van der Waals surface area contributed by atoms with Crippen molar-refractivity contribution in [2.24, 2.45) is 11.5 Å². The van der Waals surface area contributed by atoms with E-state index in [-0.39, 0.29) is 11.1 Å². The molecule has 0 heterocycles. The van der Waals surface area contributed by atoms with Crippen LogP contribution >= 0.6 is 0 Å². The number of rotatable bonds is 6. The number of carboxylic acid groups (broad SMARTS) is 1. The monoisotopic (exact) mass is 258 g/mol. The number of carbonyl (C=O) groups excluding carboxylic acids is 2. The number of amides is 2. The summed E-state index contributed by atoms with van der Waals surface area (Å²) in [6.45, 7) is 9.32. The maximum Gasteiger partial charge on any atom is 0.364 e. The van der Waals surface area contributed by atoms with Crippen LogP contribution in [0.15, 0.2) is 36.7 Å². The number of carbonyl (C=O) groups is 3. The summed E-state index contributed by atoms with van der Waals surface area (Å²) in [5.41, 5.74) is 10.4. The van der Waals surface area contributed by atoms with Gasteiger partial charge < -0.3 is 16.6 Å². The second kappa shape index (κ2) is 8.68. The minimum atomic E-state index is -1.60. The predicted octanol–water partition coefficient (Wildman–Crippen LogP) is 0.404. The first-order valence-corrected chi connectivity index (χ1v) is 4.62. The van der Waals surface area contributed by atoms with Gasteiger partial charge in [0.2, 0.25) is 17.6 Å². The van der Waals surface area contributed by atoms with Crippen molar-refractivity contribution in [3.63, 3.8) is 0 Å². The van der Waals surface area contributed by atoms with Crippen molar-refractivity contribution >= 4 is 17.8 Å². The Labute approximate surface area is 103 Å². The molecule has 5 N–H and O–H groups in total. The largest absolute Gasteiger partial charge is 0.476 e. The third-order valence-corrected chi connectivity index (χ3v) is 1.66. The van der Waals surface area contributed by atoms with E-state index in [0.29, 0.717) is 12.8 Å². The second-order valence-electron chi connectivity index (χ2n) is 3.15. The van der Waals surface area contributed by atoms with Crippen LogP contribution in [0.5, 0.6) is 0 Å². The molecule has 0 spiro atoms. The van der Waals surface area contributed by atoms with E-state index in [2.05, 4.69) is 19.7 Å². The Balaban J connectivity index is 0. The smallest absolute Gasteiger partial charge is 0.364 e. The maximum absolute atomic E-state index is 11.0. The van der Waals surface area contributed by atoms with Gasteiger partial charge in [0.15, 0.2) is 0 Å². The van der Waals surface area contributed by atoms with E-state index < -0.39 is 23.6 Å². The quantitative estimate of drug-likeness (QED) is 0.596. The van der Waals surface area contributed by atoms with Gasteiger partial charge in [-0.05, 0) is 12.8 Å². The van der Waals surface area contributed by atoms with Gasteiger partial charge in [-0.2, -0.15) is 4.39 Å². The molecule has 0 rings (SSSR count). The van der Waals surface area contributed by atoms with Gasteiger partial charge in [0.05, 0.1) is 0 Å². The van der Waals surface area contributed by atoms with Crippen LogP contribution in [0.1, 0.15) is 12.8 Å². The molecule has 0 fully saturated rings. The Morgan fingerprint density at radius 1 is 0.944 bits per heavy atom. The predicted molar refractivity (Wildman–Crippen MR) is 63.8 cm³/mol. The normalized spacial score (nSPS) is 8.50. The molecule has 0 atom stereocenters. The highest BCUT2D eigenvalue weighted by molar-refractivity contribution is 5.93. The van der Waals surface area contributed by atoms with Crippen LogP contribution in [0.4, 0.5) is 4.39 Å². The highest BCUT2D eigenvalue weighted by Gasteiger charge is 2.05. The number of halogens is 1. The first-order valence-electron chi connectivity index (χ1n) is 4.62. The third-order valence-electron chi connectivity index (χ3n) is 1.66. The van der Waals surface area contributed by atoms with Gasteiger partial charge in [-0.3, -0.25) is 9.59 Å². The van der Waals surface area contributed by atoms with Crippen molar-refractivity contribution in [2.45, 2.75) is 12.8 Å². The molecule has 18 heavy (non-hydrogen) atoms. The number of hydrogen-bond acceptors (Lipinski definition) is 3. The lowest BCUT2D eigenvalue weighted by Crippen LogP contribution is -2.16. The standard InChI is InChI=1S/C8H12N2O2.C3H3FO2/c1-5(7(9)11)3-4-6(2)8(10)12;1-2(4)3(5)6/h1-4H2,(H2,9,11)(H2,10,12);1H2,(H,5,6). The molecule has 0 unspecified atom stereocenters. The Morgan fingerprint density at radius 2 is 1.17 bits per heavy atom. The first kappa shape index (κ1) is 17.9. The molecule has 0 bridgehead atoms. The summed E-state index contributed by atoms with van der Waals surface area (Å²) >= 11 is 0. The lowest BCUT2D eigenvalue weighted by molar-refractivity contribution is -0.134. The summed E-state index contributed by atoms with van der Waals surface area (Å²) in [7, 11) is 0. The summed E-state index contributed by atoms with van der Waals surface area (Å²) < 4.78 is 11.0. The van der Waals surface area contributed by atoms with E-state index in [9.17, 15) is 18.8 Å². The molecule has 0 aliphatic carbocycles. The third kappa shape index (κ3) is 10.1. The molecule has 0 aromatic heterocycles. The fourth-order valence-corrected chi connectivity index (χ4v) is 0.548. The van der Waals surface area contributed by atoms with Gasteiger partial charge in [0.25, 0.3) is 0 Å². The Morgan fingerprint density at radius 3 is 1.28 bits per heavy atom. The zero-order valence-electron chi connectivity index (χ0n) is 9.74. The molecule has 0 aliphatic heterocycles. The van der Waals surface area contributed by atoms with Gasteiger partial charge in [-0.1, -0.05) is 19.7 Å². The van der Waals surface area contributed by atoms with E-state index >= 15 is 0 Å². The molecule has 0 radical (unpaired) electrons. The Bertz CT molecular complexity index is 364. The van der Waals surface area contributed by atoms with E-state index in [4.69, 9.17) is 16.6 Å². The van der Waals surface area contributed by atoms with Crippen LogP contribution in [0, 0.1) is 0 Å². The average Bonchev–Trinajstić information content (AvgIpc) is 2.25. The highest BCUT2D eigenvalue weighted by Crippen LogP contribution is 2.07. The molecule has 2 amide bonds. The molecular weight excluding hydrogens is 243 g/mol. The molecule has 6 nitrogen and oxygen atoms in total. The van der Waals surface area contributed by atoms with Crippen LogP contribution in [0.3, 0.4) is 0 Å². The molecule has 0 saturated heterocycles. The second-order valence-corrected chi connectivity index (χ2v) is 3.15. The number of hydrogen-bond donors (Lipinski definition) is 3. The molecule has 0 aromatic rings.